The highest BCUT2D eigenvalue weighted by Crippen LogP contribution is 2.22. The Labute approximate surface area is 160 Å². The molecule has 0 radical (unpaired) electrons. The molecule has 1 amide bonds. The molecule has 2 aromatic carbocycles. The molecule has 0 heterocycles. The number of ether oxygens (including phenoxy) is 2. The van der Waals surface area contributed by atoms with Gasteiger partial charge in [0.1, 0.15) is 5.75 Å². The Balaban J connectivity index is 1.80. The largest absolute Gasteiger partial charge is 0.497 e. The van der Waals surface area contributed by atoms with Crippen LogP contribution in [0.5, 0.6) is 5.75 Å². The van der Waals surface area contributed by atoms with Gasteiger partial charge in [-0.15, -0.1) is 0 Å². The van der Waals surface area contributed by atoms with E-state index in [9.17, 15) is 19.7 Å². The maximum absolute atomic E-state index is 12.0. The van der Waals surface area contributed by atoms with Crippen molar-refractivity contribution >= 4 is 29.2 Å². The van der Waals surface area contributed by atoms with Gasteiger partial charge >= 0.3 is 5.97 Å². The molecule has 1 N–H and O–H groups in total. The number of carbonyl (C=O) groups is 2. The molecule has 0 bridgehead atoms. The number of hydrogen-bond acceptors (Lipinski definition) is 6. The van der Waals surface area contributed by atoms with E-state index >= 15 is 0 Å². The van der Waals surface area contributed by atoms with Crippen LogP contribution in [-0.2, 0) is 16.0 Å². The highest BCUT2D eigenvalue weighted by atomic mass is 35.5. The lowest BCUT2D eigenvalue weighted by molar-refractivity contribution is -0.384. The minimum atomic E-state index is -0.908. The lowest BCUT2D eigenvalue weighted by Gasteiger charge is -2.08. The number of methoxy groups -OCH3 is 1. The Morgan fingerprint density at radius 2 is 1.89 bits per heavy atom. The van der Waals surface area contributed by atoms with Gasteiger partial charge in [0.15, 0.2) is 6.61 Å². The van der Waals surface area contributed by atoms with E-state index in [1.807, 2.05) is 24.3 Å². The van der Waals surface area contributed by atoms with Crippen molar-refractivity contribution < 1.29 is 24.0 Å². The van der Waals surface area contributed by atoms with Gasteiger partial charge in [-0.2, -0.15) is 0 Å². The van der Waals surface area contributed by atoms with Gasteiger partial charge in [-0.1, -0.05) is 23.7 Å². The molecule has 0 spiro atoms. The van der Waals surface area contributed by atoms with Crippen molar-refractivity contribution in [1.82, 2.24) is 5.32 Å². The molecule has 0 aliphatic heterocycles. The first-order valence-electron chi connectivity index (χ1n) is 7.91. The van der Waals surface area contributed by atoms with Crippen molar-refractivity contribution in [3.8, 4) is 5.75 Å². The average molecular weight is 393 g/mol. The molecular weight excluding hydrogens is 376 g/mol. The number of carbonyl (C=O) groups excluding carboxylic acids is 2. The van der Waals surface area contributed by atoms with Gasteiger partial charge in [-0.25, -0.2) is 4.79 Å². The summed E-state index contributed by atoms with van der Waals surface area (Å²) in [7, 11) is 1.58. The van der Waals surface area contributed by atoms with E-state index in [0.717, 1.165) is 17.4 Å². The summed E-state index contributed by atoms with van der Waals surface area (Å²) >= 11 is 5.85. The van der Waals surface area contributed by atoms with Crippen molar-refractivity contribution in [2.45, 2.75) is 6.42 Å². The third-order valence-corrected chi connectivity index (χ3v) is 3.94. The minimum absolute atomic E-state index is 0.00511. The summed E-state index contributed by atoms with van der Waals surface area (Å²) < 4.78 is 9.93. The molecule has 0 unspecified atom stereocenters. The van der Waals surface area contributed by atoms with Crippen LogP contribution in [0.3, 0.4) is 0 Å². The van der Waals surface area contributed by atoms with Crippen molar-refractivity contribution in [2.24, 2.45) is 0 Å². The Bertz CT molecular complexity index is 838. The zero-order chi connectivity index (χ0) is 19.8. The lowest BCUT2D eigenvalue weighted by atomic mass is 10.1. The van der Waals surface area contributed by atoms with Crippen LogP contribution in [0.25, 0.3) is 0 Å². The second-order valence-corrected chi connectivity index (χ2v) is 5.85. The van der Waals surface area contributed by atoms with Gasteiger partial charge in [0.2, 0.25) is 0 Å². The fourth-order valence-corrected chi connectivity index (χ4v) is 2.38. The molecule has 8 nitrogen and oxygen atoms in total. The summed E-state index contributed by atoms with van der Waals surface area (Å²) in [5, 5.41) is 13.4. The van der Waals surface area contributed by atoms with E-state index in [1.165, 1.54) is 12.1 Å². The van der Waals surface area contributed by atoms with E-state index in [4.69, 9.17) is 21.1 Å². The van der Waals surface area contributed by atoms with Crippen LogP contribution in [0.2, 0.25) is 5.02 Å². The highest BCUT2D eigenvalue weighted by Gasteiger charge is 2.18. The molecule has 0 atom stereocenters. The summed E-state index contributed by atoms with van der Waals surface area (Å²) in [5.41, 5.74) is 0.545. The standard InChI is InChI=1S/C18H17ClN2O6/c1-26-14-5-2-12(3-6-14)8-9-20-17(22)11-27-18(23)15-10-13(21(24)25)4-7-16(15)19/h2-7,10H,8-9,11H2,1H3,(H,20,22). The van der Waals surface area contributed by atoms with Gasteiger partial charge in [-0.3, -0.25) is 14.9 Å². The molecule has 2 aromatic rings. The van der Waals surface area contributed by atoms with Gasteiger partial charge in [0.05, 0.1) is 22.6 Å². The molecule has 0 saturated heterocycles. The van der Waals surface area contributed by atoms with E-state index < -0.39 is 23.4 Å². The van der Waals surface area contributed by atoms with Crippen molar-refractivity contribution in [3.63, 3.8) is 0 Å². The fourth-order valence-electron chi connectivity index (χ4n) is 2.18. The number of halogens is 1. The number of hydrogen-bond donors (Lipinski definition) is 1. The summed E-state index contributed by atoms with van der Waals surface area (Å²) in [5.74, 6) is -0.651. The van der Waals surface area contributed by atoms with Gasteiger partial charge in [-0.05, 0) is 30.2 Å². The summed E-state index contributed by atoms with van der Waals surface area (Å²) in [6, 6.07) is 10.8. The van der Waals surface area contributed by atoms with Gasteiger partial charge < -0.3 is 14.8 Å². The number of amides is 1. The third-order valence-electron chi connectivity index (χ3n) is 3.61. The average Bonchev–Trinajstić information content (AvgIpc) is 2.66. The number of nitro groups is 1. The normalized spacial score (nSPS) is 10.1. The number of non-ortho nitro benzene ring substituents is 1. The Hall–Kier alpha value is -3.13. The van der Waals surface area contributed by atoms with Crippen molar-refractivity contribution in [2.75, 3.05) is 20.3 Å². The summed E-state index contributed by atoms with van der Waals surface area (Å²) in [4.78, 5) is 33.9. The van der Waals surface area contributed by atoms with E-state index in [-0.39, 0.29) is 16.3 Å². The van der Waals surface area contributed by atoms with Crippen LogP contribution in [0.15, 0.2) is 42.5 Å². The molecular formula is C18H17ClN2O6. The number of rotatable bonds is 8. The highest BCUT2D eigenvalue weighted by molar-refractivity contribution is 6.33. The molecule has 142 valence electrons. The Kier molecular flexibility index (Phi) is 7.13. The SMILES string of the molecule is COc1ccc(CCNC(=O)COC(=O)c2cc([N+](=O)[O-])ccc2Cl)cc1. The van der Waals surface area contributed by atoms with Crippen molar-refractivity contribution in [1.29, 1.82) is 0 Å². The molecule has 0 fully saturated rings. The maximum Gasteiger partial charge on any atom is 0.340 e. The number of benzene rings is 2. The Morgan fingerprint density at radius 1 is 1.19 bits per heavy atom. The van der Waals surface area contributed by atoms with Crippen LogP contribution < -0.4 is 10.1 Å². The van der Waals surface area contributed by atoms with Gasteiger partial charge in [0.25, 0.3) is 11.6 Å². The number of esters is 1. The van der Waals surface area contributed by atoms with Crippen LogP contribution in [-0.4, -0.2) is 37.1 Å². The number of nitrogens with zero attached hydrogens (tertiary/aromatic N) is 1. The summed E-state index contributed by atoms with van der Waals surface area (Å²) in [6.45, 7) is -0.152. The zero-order valence-electron chi connectivity index (χ0n) is 14.4. The quantitative estimate of drug-likeness (QED) is 0.420. The molecule has 0 aromatic heterocycles. The summed E-state index contributed by atoms with van der Waals surface area (Å²) in [6.07, 6.45) is 0.598. The molecule has 0 aliphatic rings. The number of nitrogens with one attached hydrogen (secondary N) is 1. The lowest BCUT2D eigenvalue weighted by Crippen LogP contribution is -2.30. The van der Waals surface area contributed by atoms with Crippen LogP contribution >= 0.6 is 11.6 Å². The number of nitro benzene ring substituents is 1. The van der Waals surface area contributed by atoms with Crippen molar-refractivity contribution in [3.05, 3.63) is 68.7 Å². The predicted molar refractivity (Wildman–Crippen MR) is 98.1 cm³/mol. The molecule has 27 heavy (non-hydrogen) atoms. The first-order chi connectivity index (χ1) is 12.9. The minimum Gasteiger partial charge on any atom is -0.497 e. The van der Waals surface area contributed by atoms with Gasteiger partial charge in [0, 0.05) is 18.7 Å². The molecule has 2 rings (SSSR count). The Morgan fingerprint density at radius 3 is 2.52 bits per heavy atom. The van der Waals surface area contributed by atoms with E-state index in [1.54, 1.807) is 7.11 Å². The first kappa shape index (κ1) is 20.2. The van der Waals surface area contributed by atoms with Crippen LogP contribution in [0.4, 0.5) is 5.69 Å². The smallest absolute Gasteiger partial charge is 0.340 e. The zero-order valence-corrected chi connectivity index (χ0v) is 15.2. The predicted octanol–water partition coefficient (Wildman–Crippen LogP) is 2.77. The molecule has 0 saturated carbocycles. The third kappa shape index (κ3) is 5.96. The monoisotopic (exact) mass is 392 g/mol. The van der Waals surface area contributed by atoms with Crippen LogP contribution in [0, 0.1) is 10.1 Å². The topological polar surface area (TPSA) is 108 Å². The molecule has 0 aliphatic carbocycles. The first-order valence-corrected chi connectivity index (χ1v) is 8.29. The second kappa shape index (κ2) is 9.54. The van der Waals surface area contributed by atoms with E-state index in [2.05, 4.69) is 5.32 Å². The molecule has 9 heteroatoms. The fraction of sp³-hybridized carbons (Fsp3) is 0.222. The second-order valence-electron chi connectivity index (χ2n) is 5.45. The van der Waals surface area contributed by atoms with Crippen LogP contribution in [0.1, 0.15) is 15.9 Å². The van der Waals surface area contributed by atoms with E-state index in [0.29, 0.717) is 13.0 Å². The maximum atomic E-state index is 12.0.